The molecule has 3 aromatic rings. The smallest absolute Gasteiger partial charge is 0.359 e. The van der Waals surface area contributed by atoms with Gasteiger partial charge in [-0.05, 0) is 37.4 Å². The van der Waals surface area contributed by atoms with Crippen molar-refractivity contribution < 1.29 is 13.2 Å². The second-order valence-electron chi connectivity index (χ2n) is 4.82. The Kier molecular flexibility index (Phi) is 4.23. The number of benzene rings is 2. The van der Waals surface area contributed by atoms with E-state index in [-0.39, 0.29) is 0 Å². The maximum atomic E-state index is 12.6. The van der Waals surface area contributed by atoms with Crippen molar-refractivity contribution in [2.45, 2.75) is 11.1 Å². The van der Waals surface area contributed by atoms with Gasteiger partial charge in [0.2, 0.25) is 0 Å². The zero-order valence-electron chi connectivity index (χ0n) is 12.2. The lowest BCUT2D eigenvalue weighted by molar-refractivity contribution is -0.137. The first kappa shape index (κ1) is 15.8. The topological polar surface area (TPSA) is 40.2 Å². The molecule has 1 atom stereocenters. The van der Waals surface area contributed by atoms with Crippen molar-refractivity contribution in [2.24, 2.45) is 4.36 Å². The molecule has 3 nitrogen and oxygen atoms in total. The Hall–Kier alpha value is -2.12. The summed E-state index contributed by atoms with van der Waals surface area (Å²) < 4.78 is 45.6. The molecule has 0 radical (unpaired) electrons. The fourth-order valence-electron chi connectivity index (χ4n) is 2.22. The highest BCUT2D eigenvalue weighted by Crippen LogP contribution is 2.30. The number of alkyl halides is 3. The van der Waals surface area contributed by atoms with Gasteiger partial charge >= 0.3 is 6.18 Å². The van der Waals surface area contributed by atoms with E-state index in [1.165, 1.54) is 12.1 Å². The summed E-state index contributed by atoms with van der Waals surface area (Å²) >= 11 is 0. The van der Waals surface area contributed by atoms with Crippen LogP contribution in [0.2, 0.25) is 0 Å². The molecule has 1 heterocycles. The molecule has 0 fully saturated rings. The maximum absolute atomic E-state index is 12.6. The van der Waals surface area contributed by atoms with Crippen LogP contribution in [-0.2, 0) is 17.1 Å². The van der Waals surface area contributed by atoms with Crippen molar-refractivity contribution in [2.75, 3.05) is 7.05 Å². The van der Waals surface area contributed by atoms with E-state index in [4.69, 9.17) is 0 Å². The Balaban J connectivity index is 1.99. The molecule has 1 unspecified atom stereocenters. The van der Waals surface area contributed by atoms with Gasteiger partial charge in [-0.3, -0.25) is 4.72 Å². The van der Waals surface area contributed by atoms with Crippen molar-refractivity contribution in [3.8, 4) is 0 Å². The predicted molar refractivity (Wildman–Crippen MR) is 86.5 cm³/mol. The van der Waals surface area contributed by atoms with Gasteiger partial charge in [0.25, 0.3) is 0 Å². The second-order valence-corrected chi connectivity index (χ2v) is 6.45. The van der Waals surface area contributed by atoms with Gasteiger partial charge in [-0.15, -0.1) is 0 Å². The standard InChI is InChI=1S/C16H14F3N3S/c1-20-23(12-8-6-11(7-9-12)16(17,18)19)22-15-10-21-14-5-3-2-4-13(14)15/h2-10,21H,1H3,(H,20,22). The minimum Gasteiger partial charge on any atom is -0.359 e. The van der Waals surface area contributed by atoms with E-state index in [9.17, 15) is 13.2 Å². The Morgan fingerprint density at radius 1 is 1.04 bits per heavy atom. The van der Waals surface area contributed by atoms with Crippen molar-refractivity contribution in [3.05, 3.63) is 60.3 Å². The summed E-state index contributed by atoms with van der Waals surface area (Å²) in [6.07, 6.45) is -2.53. The van der Waals surface area contributed by atoms with E-state index in [0.717, 1.165) is 28.7 Å². The molecule has 120 valence electrons. The van der Waals surface area contributed by atoms with Crippen molar-refractivity contribution in [1.29, 1.82) is 0 Å². The van der Waals surface area contributed by atoms with Gasteiger partial charge in [-0.25, -0.2) is 4.36 Å². The first-order chi connectivity index (χ1) is 11.0. The summed E-state index contributed by atoms with van der Waals surface area (Å²) in [5.41, 5.74) is 1.09. The Bertz CT molecular complexity index is 851. The summed E-state index contributed by atoms with van der Waals surface area (Å²) in [6.45, 7) is 0. The molecule has 0 aliphatic rings. The highest BCUT2D eigenvalue weighted by Gasteiger charge is 2.30. The minimum atomic E-state index is -4.33. The highest BCUT2D eigenvalue weighted by atomic mass is 32.2. The number of halogens is 3. The van der Waals surface area contributed by atoms with Gasteiger partial charge in [0.05, 0.1) is 11.3 Å². The number of nitrogens with one attached hydrogen (secondary N) is 2. The molecule has 0 aliphatic heterocycles. The van der Waals surface area contributed by atoms with Crippen LogP contribution in [0.3, 0.4) is 0 Å². The molecular formula is C16H14F3N3S. The summed E-state index contributed by atoms with van der Waals surface area (Å²) in [4.78, 5) is 3.83. The first-order valence-corrected chi connectivity index (χ1v) is 8.04. The van der Waals surface area contributed by atoms with E-state index in [1.54, 1.807) is 13.2 Å². The van der Waals surface area contributed by atoms with Gasteiger partial charge in [0, 0.05) is 32.9 Å². The SMILES string of the molecule is CNS(=Nc1c[nH]c2ccccc12)c1ccc(C(F)(F)F)cc1. The van der Waals surface area contributed by atoms with Gasteiger partial charge in [0.1, 0.15) is 0 Å². The van der Waals surface area contributed by atoms with Crippen LogP contribution < -0.4 is 4.72 Å². The molecule has 0 aliphatic carbocycles. The number of nitrogens with zero attached hydrogens (tertiary/aromatic N) is 1. The van der Waals surface area contributed by atoms with Crippen LogP contribution in [0.1, 0.15) is 5.56 Å². The van der Waals surface area contributed by atoms with Crippen molar-refractivity contribution in [3.63, 3.8) is 0 Å². The van der Waals surface area contributed by atoms with Gasteiger partial charge in [-0.2, -0.15) is 13.2 Å². The van der Waals surface area contributed by atoms with Gasteiger partial charge in [0.15, 0.2) is 0 Å². The molecule has 0 spiro atoms. The van der Waals surface area contributed by atoms with Gasteiger partial charge < -0.3 is 4.98 Å². The molecular weight excluding hydrogens is 323 g/mol. The Morgan fingerprint density at radius 3 is 2.39 bits per heavy atom. The summed E-state index contributed by atoms with van der Waals surface area (Å²) in [5.74, 6) is 0. The number of fused-ring (bicyclic) bond motifs is 1. The third-order valence-electron chi connectivity index (χ3n) is 3.36. The maximum Gasteiger partial charge on any atom is 0.416 e. The third kappa shape index (κ3) is 3.30. The monoisotopic (exact) mass is 337 g/mol. The van der Waals surface area contributed by atoms with Crippen LogP contribution in [0.15, 0.2) is 64.0 Å². The zero-order chi connectivity index (χ0) is 16.4. The molecule has 0 saturated carbocycles. The normalized spacial score (nSPS) is 13.6. The number of H-pyrrole nitrogens is 1. The number of hydrogen-bond donors (Lipinski definition) is 2. The summed E-state index contributed by atoms with van der Waals surface area (Å²) in [7, 11) is 1.01. The van der Waals surface area contributed by atoms with Gasteiger partial charge in [-0.1, -0.05) is 18.2 Å². The van der Waals surface area contributed by atoms with Crippen LogP contribution in [0, 0.1) is 0 Å². The molecule has 1 aromatic heterocycles. The average Bonchev–Trinajstić information content (AvgIpc) is 2.95. The molecule has 2 aromatic carbocycles. The highest BCUT2D eigenvalue weighted by molar-refractivity contribution is 7.85. The van der Waals surface area contributed by atoms with Crippen molar-refractivity contribution >= 4 is 27.5 Å². The average molecular weight is 337 g/mol. The lowest BCUT2D eigenvalue weighted by Crippen LogP contribution is -2.11. The number of aromatic amines is 1. The van der Waals surface area contributed by atoms with Crippen molar-refractivity contribution in [1.82, 2.24) is 9.71 Å². The lowest BCUT2D eigenvalue weighted by Gasteiger charge is -2.09. The summed E-state index contributed by atoms with van der Waals surface area (Å²) in [5, 5.41) is 0.979. The molecule has 0 bridgehead atoms. The van der Waals surface area contributed by atoms with Crippen LogP contribution in [-0.4, -0.2) is 12.0 Å². The third-order valence-corrected chi connectivity index (χ3v) is 4.84. The van der Waals surface area contributed by atoms with Crippen LogP contribution in [0.25, 0.3) is 10.9 Å². The van der Waals surface area contributed by atoms with Crippen LogP contribution in [0.5, 0.6) is 0 Å². The molecule has 3 rings (SSSR count). The molecule has 0 amide bonds. The molecule has 23 heavy (non-hydrogen) atoms. The van der Waals surface area contributed by atoms with E-state index >= 15 is 0 Å². The Morgan fingerprint density at radius 2 is 1.74 bits per heavy atom. The zero-order valence-corrected chi connectivity index (χ0v) is 13.0. The van der Waals surface area contributed by atoms with E-state index in [2.05, 4.69) is 14.1 Å². The number of para-hydroxylation sites is 1. The largest absolute Gasteiger partial charge is 0.416 e. The second kappa shape index (κ2) is 6.17. The van der Waals surface area contributed by atoms with E-state index in [1.807, 2.05) is 24.3 Å². The van der Waals surface area contributed by atoms with Crippen LogP contribution >= 0.6 is 0 Å². The number of rotatable bonds is 3. The quantitative estimate of drug-likeness (QED) is 0.707. The fourth-order valence-corrected chi connectivity index (χ4v) is 3.39. The number of hydrogen-bond acceptors (Lipinski definition) is 1. The molecule has 2 N–H and O–H groups in total. The summed E-state index contributed by atoms with van der Waals surface area (Å²) in [6, 6.07) is 12.8. The molecule has 7 heteroatoms. The van der Waals surface area contributed by atoms with E-state index in [0.29, 0.717) is 4.90 Å². The minimum absolute atomic E-state index is 0.659. The Labute approximate surface area is 133 Å². The predicted octanol–water partition coefficient (Wildman–Crippen LogP) is 4.81. The fraction of sp³-hybridized carbons (Fsp3) is 0.125. The van der Waals surface area contributed by atoms with Crippen LogP contribution in [0.4, 0.5) is 18.9 Å². The van der Waals surface area contributed by atoms with E-state index < -0.39 is 22.6 Å². The molecule has 0 saturated heterocycles. The lowest BCUT2D eigenvalue weighted by atomic mass is 10.2. The first-order valence-electron chi connectivity index (χ1n) is 6.86. The number of aromatic nitrogens is 1.